The van der Waals surface area contributed by atoms with Gasteiger partial charge in [-0.05, 0) is 48.4 Å². The second-order valence-corrected chi connectivity index (χ2v) is 8.65. The smallest absolute Gasteiger partial charge is 0.267 e. The van der Waals surface area contributed by atoms with Gasteiger partial charge < -0.3 is 19.3 Å². The number of rotatable bonds is 7. The van der Waals surface area contributed by atoms with Crippen LogP contribution >= 0.6 is 0 Å². The third-order valence-corrected chi connectivity index (χ3v) is 6.48. The van der Waals surface area contributed by atoms with Gasteiger partial charge in [0.25, 0.3) is 5.91 Å². The molecule has 0 bridgehead atoms. The maximum atomic E-state index is 13.3. The first-order valence-electron chi connectivity index (χ1n) is 11.6. The normalized spacial score (nSPS) is 19.3. The van der Waals surface area contributed by atoms with Crippen LogP contribution in [0.25, 0.3) is 0 Å². The number of nitrogens with zero attached hydrogens (tertiary/aromatic N) is 3. The number of para-hydroxylation sites is 1. The summed E-state index contributed by atoms with van der Waals surface area (Å²) in [5.41, 5.74) is 3.10. The average Bonchev–Trinajstić information content (AvgIpc) is 3.33. The minimum atomic E-state index is -0.747. The highest BCUT2D eigenvalue weighted by Crippen LogP contribution is 2.42. The Morgan fingerprint density at radius 1 is 1.03 bits per heavy atom. The van der Waals surface area contributed by atoms with Crippen LogP contribution in [0.2, 0.25) is 0 Å². The average molecular weight is 468 g/mol. The van der Waals surface area contributed by atoms with E-state index in [0.29, 0.717) is 36.6 Å². The largest absolute Gasteiger partial charge is 0.496 e. The Hall–Kier alpha value is -4.31. The maximum Gasteiger partial charge on any atom is 0.267 e. The molecular formula is C28H25N3O4. The van der Waals surface area contributed by atoms with Crippen molar-refractivity contribution in [2.24, 2.45) is 0 Å². The molecule has 2 amide bonds. The fraction of sp³-hybridized carbons (Fsp3) is 0.250. The highest BCUT2D eigenvalue weighted by Gasteiger charge is 2.51. The molecule has 0 unspecified atom stereocenters. The molecule has 5 rings (SSSR count). The predicted octanol–water partition coefficient (Wildman–Crippen LogP) is 4.22. The second kappa shape index (κ2) is 9.51. The van der Waals surface area contributed by atoms with E-state index in [9.17, 15) is 14.9 Å². The lowest BCUT2D eigenvalue weighted by Crippen LogP contribution is -2.60. The summed E-state index contributed by atoms with van der Waals surface area (Å²) >= 11 is 0. The zero-order valence-electron chi connectivity index (χ0n) is 19.4. The Morgan fingerprint density at radius 3 is 2.63 bits per heavy atom. The van der Waals surface area contributed by atoms with Gasteiger partial charge in [-0.25, -0.2) is 0 Å². The van der Waals surface area contributed by atoms with Crippen LogP contribution in [0.15, 0.2) is 72.8 Å². The summed E-state index contributed by atoms with van der Waals surface area (Å²) < 4.78 is 11.7. The number of nitriles is 1. The van der Waals surface area contributed by atoms with Gasteiger partial charge in [0.15, 0.2) is 0 Å². The van der Waals surface area contributed by atoms with Crippen molar-refractivity contribution in [1.82, 2.24) is 4.90 Å². The van der Waals surface area contributed by atoms with E-state index in [0.717, 1.165) is 23.2 Å². The first-order valence-corrected chi connectivity index (χ1v) is 11.6. The molecule has 0 aliphatic carbocycles. The Labute approximate surface area is 204 Å². The monoisotopic (exact) mass is 467 g/mol. The van der Waals surface area contributed by atoms with Crippen LogP contribution in [0.3, 0.4) is 0 Å². The standard InChI is InChI=1S/C28H25N3O4/c1-34-24-12-3-2-11-23(24)26-27(35-22-10-5-7-19(16-22)17-29)28(33)31(26)18-20-8-4-9-21(15-20)30-14-6-13-25(30)32/h2-5,7-12,15-16,26-27H,6,13-14,18H2,1H3/t26-,27+/m0/s1. The molecule has 2 fully saturated rings. The Morgan fingerprint density at radius 2 is 1.86 bits per heavy atom. The van der Waals surface area contributed by atoms with Crippen LogP contribution in [-0.4, -0.2) is 36.5 Å². The molecule has 7 heteroatoms. The molecule has 3 aromatic carbocycles. The molecular weight excluding hydrogens is 442 g/mol. The van der Waals surface area contributed by atoms with Crippen LogP contribution in [0.4, 0.5) is 5.69 Å². The fourth-order valence-corrected chi connectivity index (χ4v) is 4.78. The van der Waals surface area contributed by atoms with Crippen molar-refractivity contribution in [2.45, 2.75) is 31.5 Å². The van der Waals surface area contributed by atoms with E-state index in [-0.39, 0.29) is 17.9 Å². The van der Waals surface area contributed by atoms with E-state index in [1.807, 2.05) is 48.5 Å². The van der Waals surface area contributed by atoms with Gasteiger partial charge in [0.1, 0.15) is 17.5 Å². The van der Waals surface area contributed by atoms with Crippen molar-refractivity contribution in [2.75, 3.05) is 18.6 Å². The zero-order valence-corrected chi connectivity index (χ0v) is 19.4. The number of amides is 2. The summed E-state index contributed by atoms with van der Waals surface area (Å²) in [5, 5.41) is 9.22. The molecule has 0 spiro atoms. The number of hydrogen-bond donors (Lipinski definition) is 0. The highest BCUT2D eigenvalue weighted by atomic mass is 16.5. The maximum absolute atomic E-state index is 13.3. The Bertz CT molecular complexity index is 1320. The quantitative estimate of drug-likeness (QED) is 0.486. The summed E-state index contributed by atoms with van der Waals surface area (Å²) in [6.45, 7) is 1.09. The summed E-state index contributed by atoms with van der Waals surface area (Å²) in [4.78, 5) is 29.1. The molecule has 2 aliphatic rings. The lowest BCUT2D eigenvalue weighted by atomic mass is 9.89. The second-order valence-electron chi connectivity index (χ2n) is 8.65. The molecule has 7 nitrogen and oxygen atoms in total. The number of likely N-dealkylation sites (tertiary alicyclic amines) is 1. The van der Waals surface area contributed by atoms with Gasteiger partial charge in [0.2, 0.25) is 12.0 Å². The molecule has 2 saturated heterocycles. The molecule has 2 atom stereocenters. The number of carbonyl (C=O) groups is 2. The molecule has 176 valence electrons. The van der Waals surface area contributed by atoms with Crippen LogP contribution in [0, 0.1) is 11.3 Å². The third kappa shape index (κ3) is 4.31. The van der Waals surface area contributed by atoms with Crippen LogP contribution in [0.1, 0.15) is 35.6 Å². The first kappa shape index (κ1) is 22.5. The van der Waals surface area contributed by atoms with Crippen LogP contribution in [-0.2, 0) is 16.1 Å². The predicted molar refractivity (Wildman–Crippen MR) is 130 cm³/mol. The van der Waals surface area contributed by atoms with Gasteiger partial charge in [-0.15, -0.1) is 0 Å². The Kier molecular flexibility index (Phi) is 6.11. The van der Waals surface area contributed by atoms with E-state index >= 15 is 0 Å². The van der Waals surface area contributed by atoms with E-state index in [4.69, 9.17) is 9.47 Å². The molecule has 0 saturated carbocycles. The molecule has 0 radical (unpaired) electrons. The third-order valence-electron chi connectivity index (χ3n) is 6.48. The van der Waals surface area contributed by atoms with E-state index in [1.54, 1.807) is 41.2 Å². The van der Waals surface area contributed by atoms with Crippen molar-refractivity contribution < 1.29 is 19.1 Å². The van der Waals surface area contributed by atoms with Gasteiger partial charge >= 0.3 is 0 Å². The Balaban J connectivity index is 1.44. The topological polar surface area (TPSA) is 82.9 Å². The molecule has 35 heavy (non-hydrogen) atoms. The van der Waals surface area contributed by atoms with Gasteiger partial charge in [-0.1, -0.05) is 36.4 Å². The van der Waals surface area contributed by atoms with E-state index in [2.05, 4.69) is 6.07 Å². The summed E-state index contributed by atoms with van der Waals surface area (Å²) in [5.74, 6) is 1.12. The number of β-lactam (4-membered cyclic amide) rings is 1. The van der Waals surface area contributed by atoms with Gasteiger partial charge in [-0.3, -0.25) is 9.59 Å². The van der Waals surface area contributed by atoms with Crippen molar-refractivity contribution in [3.05, 3.63) is 89.5 Å². The fourth-order valence-electron chi connectivity index (χ4n) is 4.78. The summed E-state index contributed by atoms with van der Waals surface area (Å²) in [6.07, 6.45) is 0.676. The molecule has 0 aromatic heterocycles. The number of methoxy groups -OCH3 is 1. The van der Waals surface area contributed by atoms with Gasteiger partial charge in [-0.2, -0.15) is 5.26 Å². The lowest BCUT2D eigenvalue weighted by molar-refractivity contribution is -0.165. The van der Waals surface area contributed by atoms with Crippen molar-refractivity contribution in [1.29, 1.82) is 5.26 Å². The van der Waals surface area contributed by atoms with Crippen molar-refractivity contribution in [3.63, 3.8) is 0 Å². The van der Waals surface area contributed by atoms with Crippen molar-refractivity contribution >= 4 is 17.5 Å². The van der Waals surface area contributed by atoms with E-state index < -0.39 is 6.10 Å². The van der Waals surface area contributed by atoms with Crippen LogP contribution < -0.4 is 14.4 Å². The minimum absolute atomic E-state index is 0.127. The first-order chi connectivity index (χ1) is 17.1. The lowest BCUT2D eigenvalue weighted by Gasteiger charge is -2.47. The van der Waals surface area contributed by atoms with Crippen LogP contribution in [0.5, 0.6) is 11.5 Å². The molecule has 2 heterocycles. The highest BCUT2D eigenvalue weighted by molar-refractivity contribution is 5.95. The van der Waals surface area contributed by atoms with Gasteiger partial charge in [0, 0.05) is 30.8 Å². The van der Waals surface area contributed by atoms with Crippen molar-refractivity contribution in [3.8, 4) is 17.6 Å². The number of carbonyl (C=O) groups excluding carboxylic acids is 2. The van der Waals surface area contributed by atoms with E-state index in [1.165, 1.54) is 0 Å². The number of anilines is 1. The number of hydrogen-bond acceptors (Lipinski definition) is 5. The minimum Gasteiger partial charge on any atom is -0.496 e. The molecule has 3 aromatic rings. The molecule has 2 aliphatic heterocycles. The number of ether oxygens (including phenoxy) is 2. The zero-order chi connectivity index (χ0) is 24.4. The summed E-state index contributed by atoms with van der Waals surface area (Å²) in [6, 6.07) is 23.9. The molecule has 0 N–H and O–H groups in total. The SMILES string of the molecule is COc1ccccc1[C@H]1[C@@H](Oc2cccc(C#N)c2)C(=O)N1Cc1cccc(N2CCCC2=O)c1. The van der Waals surface area contributed by atoms with Gasteiger partial charge in [0.05, 0.1) is 18.7 Å². The number of benzene rings is 3. The summed E-state index contributed by atoms with van der Waals surface area (Å²) in [7, 11) is 1.60.